The number of anilines is 2. The van der Waals surface area contributed by atoms with E-state index in [2.05, 4.69) is 29.3 Å². The Bertz CT molecular complexity index is 880. The first-order chi connectivity index (χ1) is 13.8. The molecule has 0 radical (unpaired) electrons. The molecule has 0 unspecified atom stereocenters. The number of nitrogens with zero attached hydrogens (tertiary/aromatic N) is 2. The van der Waals surface area contributed by atoms with Gasteiger partial charge >= 0.3 is 0 Å². The normalized spacial score (nSPS) is 15.8. The van der Waals surface area contributed by atoms with E-state index in [0.717, 1.165) is 48.7 Å². The first kappa shape index (κ1) is 20.8. The van der Waals surface area contributed by atoms with Gasteiger partial charge in [-0.1, -0.05) is 17.7 Å². The van der Waals surface area contributed by atoms with Gasteiger partial charge in [0.25, 0.3) is 11.6 Å². The van der Waals surface area contributed by atoms with Crippen molar-refractivity contribution in [3.63, 3.8) is 0 Å². The second kappa shape index (κ2) is 8.61. The van der Waals surface area contributed by atoms with Gasteiger partial charge < -0.3 is 15.1 Å². The number of amides is 1. The zero-order valence-electron chi connectivity index (χ0n) is 17.5. The molecule has 2 aromatic rings. The molecule has 7 heteroatoms. The third-order valence-corrected chi connectivity index (χ3v) is 5.76. The maximum atomic E-state index is 12.8. The molecule has 7 nitrogen and oxygen atoms in total. The number of nitrogens with one attached hydrogen (secondary N) is 2. The van der Waals surface area contributed by atoms with E-state index in [1.165, 1.54) is 22.6 Å². The van der Waals surface area contributed by atoms with Gasteiger partial charge in [-0.15, -0.1) is 0 Å². The third kappa shape index (κ3) is 4.74. The molecule has 154 valence electrons. The largest absolute Gasteiger partial charge is 0.360 e. The van der Waals surface area contributed by atoms with Gasteiger partial charge in [-0.05, 0) is 51.0 Å². The van der Waals surface area contributed by atoms with Gasteiger partial charge in [0, 0.05) is 23.5 Å². The number of nitro benzene ring substituents is 1. The van der Waals surface area contributed by atoms with Crippen molar-refractivity contribution in [3.05, 3.63) is 63.2 Å². The molecular weight excluding hydrogens is 368 g/mol. The minimum Gasteiger partial charge on any atom is -0.360 e. The maximum absolute atomic E-state index is 12.8. The van der Waals surface area contributed by atoms with E-state index >= 15 is 0 Å². The van der Waals surface area contributed by atoms with Gasteiger partial charge in [-0.3, -0.25) is 14.9 Å². The zero-order chi connectivity index (χ0) is 21.1. The number of aryl methyl sites for hydroxylation is 3. The summed E-state index contributed by atoms with van der Waals surface area (Å²) in [6.07, 6.45) is 0. The highest BCUT2D eigenvalue weighted by Crippen LogP contribution is 2.22. The van der Waals surface area contributed by atoms with Crippen LogP contribution in [-0.4, -0.2) is 43.1 Å². The van der Waals surface area contributed by atoms with Crippen molar-refractivity contribution in [3.8, 4) is 0 Å². The number of carbonyl (C=O) groups is 1. The summed E-state index contributed by atoms with van der Waals surface area (Å²) in [6.45, 7) is 11.4. The van der Waals surface area contributed by atoms with Gasteiger partial charge in [0.05, 0.1) is 31.1 Å². The fourth-order valence-electron chi connectivity index (χ4n) is 4.06. The summed E-state index contributed by atoms with van der Waals surface area (Å²) >= 11 is 0. The molecule has 2 aromatic carbocycles. The standard InChI is InChI=1S/C22H28N4O3/c1-15-13-16(2)21(17(3)14-15)23-22(27)18(4)24-9-11-25(12-10-24)19-5-7-20(8-6-19)26(28)29/h5-8,13-14,18H,9-12H2,1-4H3,(H,23,27)/p+1/t18-/m1/s1. The van der Waals surface area contributed by atoms with E-state index in [1.807, 2.05) is 20.8 Å². The highest BCUT2D eigenvalue weighted by molar-refractivity contribution is 5.95. The van der Waals surface area contributed by atoms with E-state index in [1.54, 1.807) is 12.1 Å². The molecule has 0 saturated carbocycles. The first-order valence-electron chi connectivity index (χ1n) is 9.99. The Morgan fingerprint density at radius 1 is 1.10 bits per heavy atom. The summed E-state index contributed by atoms with van der Waals surface area (Å²) in [4.78, 5) is 26.7. The number of non-ortho nitro benzene ring substituents is 1. The Hall–Kier alpha value is -2.93. The maximum Gasteiger partial charge on any atom is 0.282 e. The van der Waals surface area contributed by atoms with Crippen LogP contribution >= 0.6 is 0 Å². The average molecular weight is 397 g/mol. The van der Waals surface area contributed by atoms with Crippen LogP contribution in [0.25, 0.3) is 0 Å². The fourth-order valence-corrected chi connectivity index (χ4v) is 4.06. The van der Waals surface area contributed by atoms with E-state index in [0.29, 0.717) is 0 Å². The smallest absolute Gasteiger partial charge is 0.282 e. The summed E-state index contributed by atoms with van der Waals surface area (Å²) in [7, 11) is 0. The van der Waals surface area contributed by atoms with Crippen LogP contribution in [-0.2, 0) is 4.79 Å². The van der Waals surface area contributed by atoms with Crippen molar-refractivity contribution in [1.29, 1.82) is 0 Å². The fraction of sp³-hybridized carbons (Fsp3) is 0.409. The molecule has 29 heavy (non-hydrogen) atoms. The van der Waals surface area contributed by atoms with Gasteiger partial charge in [0.2, 0.25) is 0 Å². The second-order valence-electron chi connectivity index (χ2n) is 7.90. The Labute approximate surface area is 171 Å². The molecule has 0 bridgehead atoms. The van der Waals surface area contributed by atoms with E-state index < -0.39 is 0 Å². The topological polar surface area (TPSA) is 79.9 Å². The monoisotopic (exact) mass is 397 g/mol. The molecule has 1 amide bonds. The first-order valence-corrected chi connectivity index (χ1v) is 9.99. The molecule has 1 heterocycles. The third-order valence-electron chi connectivity index (χ3n) is 5.76. The minimum absolute atomic E-state index is 0.0406. The van der Waals surface area contributed by atoms with Gasteiger partial charge in [0.15, 0.2) is 6.04 Å². The van der Waals surface area contributed by atoms with Gasteiger partial charge in [0.1, 0.15) is 0 Å². The van der Waals surface area contributed by atoms with Crippen molar-refractivity contribution in [2.75, 3.05) is 36.4 Å². The lowest BCUT2D eigenvalue weighted by Crippen LogP contribution is -3.19. The van der Waals surface area contributed by atoms with Crippen molar-refractivity contribution in [2.24, 2.45) is 0 Å². The van der Waals surface area contributed by atoms with Crippen LogP contribution in [0.2, 0.25) is 0 Å². The predicted octanol–water partition coefficient (Wildman–Crippen LogP) is 2.25. The van der Waals surface area contributed by atoms with Crippen LogP contribution in [0.4, 0.5) is 17.1 Å². The average Bonchev–Trinajstić information content (AvgIpc) is 2.70. The van der Waals surface area contributed by atoms with Crippen molar-refractivity contribution in [2.45, 2.75) is 33.7 Å². The minimum atomic E-state index is -0.385. The summed E-state index contributed by atoms with van der Waals surface area (Å²) < 4.78 is 0. The van der Waals surface area contributed by atoms with Crippen molar-refractivity contribution >= 4 is 23.0 Å². The molecule has 1 saturated heterocycles. The van der Waals surface area contributed by atoms with Crippen molar-refractivity contribution < 1.29 is 14.6 Å². The second-order valence-corrected chi connectivity index (χ2v) is 7.90. The molecule has 3 rings (SSSR count). The molecule has 1 aliphatic heterocycles. The molecular formula is C22H29N4O3+. The van der Waals surface area contributed by atoms with Crippen LogP contribution < -0.4 is 15.1 Å². The zero-order valence-corrected chi connectivity index (χ0v) is 17.5. The molecule has 1 aliphatic rings. The highest BCUT2D eigenvalue weighted by Gasteiger charge is 2.29. The van der Waals surface area contributed by atoms with E-state index in [-0.39, 0.29) is 22.6 Å². The predicted molar refractivity (Wildman–Crippen MR) is 115 cm³/mol. The Morgan fingerprint density at radius 2 is 1.66 bits per heavy atom. The number of rotatable bonds is 5. The molecule has 0 aromatic heterocycles. The molecule has 2 N–H and O–H groups in total. The molecule has 0 aliphatic carbocycles. The van der Waals surface area contributed by atoms with Gasteiger partial charge in [-0.25, -0.2) is 0 Å². The number of piperazine rings is 1. The van der Waals surface area contributed by atoms with Crippen LogP contribution in [0.3, 0.4) is 0 Å². The Balaban J connectivity index is 1.59. The summed E-state index contributed by atoms with van der Waals surface area (Å²) in [5, 5.41) is 13.9. The quantitative estimate of drug-likeness (QED) is 0.599. The lowest BCUT2D eigenvalue weighted by atomic mass is 10.0. The van der Waals surface area contributed by atoms with Crippen molar-refractivity contribution in [1.82, 2.24) is 0 Å². The Kier molecular flexibility index (Phi) is 6.17. The Morgan fingerprint density at radius 3 is 2.17 bits per heavy atom. The van der Waals surface area contributed by atoms with E-state index in [9.17, 15) is 14.9 Å². The molecule has 1 atom stereocenters. The van der Waals surface area contributed by atoms with Crippen LogP contribution in [0, 0.1) is 30.9 Å². The van der Waals surface area contributed by atoms with Gasteiger partial charge in [-0.2, -0.15) is 0 Å². The highest BCUT2D eigenvalue weighted by atomic mass is 16.6. The lowest BCUT2D eigenvalue weighted by molar-refractivity contribution is -0.914. The van der Waals surface area contributed by atoms with Crippen LogP contribution in [0.1, 0.15) is 23.6 Å². The number of benzene rings is 2. The number of quaternary nitrogens is 1. The summed E-state index contributed by atoms with van der Waals surface area (Å²) in [5.74, 6) is 0.0406. The molecule has 0 spiro atoms. The number of nitro groups is 1. The van der Waals surface area contributed by atoms with Crippen LogP contribution in [0.5, 0.6) is 0 Å². The summed E-state index contributed by atoms with van der Waals surface area (Å²) in [6, 6.07) is 10.7. The summed E-state index contributed by atoms with van der Waals surface area (Å²) in [5.41, 5.74) is 5.36. The number of hydrogen-bond donors (Lipinski definition) is 2. The lowest BCUT2D eigenvalue weighted by Gasteiger charge is -2.36. The number of hydrogen-bond acceptors (Lipinski definition) is 4. The van der Waals surface area contributed by atoms with Crippen LogP contribution in [0.15, 0.2) is 36.4 Å². The molecule has 1 fully saturated rings. The van der Waals surface area contributed by atoms with E-state index in [4.69, 9.17) is 0 Å². The number of carbonyl (C=O) groups excluding carboxylic acids is 1. The SMILES string of the molecule is Cc1cc(C)c(NC(=O)[C@@H](C)[NH+]2CCN(c3ccc([N+](=O)[O-])cc3)CC2)c(C)c1.